The van der Waals surface area contributed by atoms with E-state index in [1.54, 1.807) is 32.0 Å². The molecule has 1 aromatic rings. The fourth-order valence-electron chi connectivity index (χ4n) is 1.17. The summed E-state index contributed by atoms with van der Waals surface area (Å²) in [6.07, 6.45) is -0.839. The standard InChI is InChI=1S/C11H11BrClNO/c1-11(2,6-14)10(15)8-4-3-7(13)5-9(8)12/h3-5,10,15H,1-2H3. The van der Waals surface area contributed by atoms with E-state index in [0.717, 1.165) is 0 Å². The molecule has 1 rings (SSSR count). The van der Waals surface area contributed by atoms with Crippen molar-refractivity contribution in [3.8, 4) is 6.07 Å². The normalized spacial score (nSPS) is 13.3. The average molecular weight is 289 g/mol. The maximum atomic E-state index is 10.0. The summed E-state index contributed by atoms with van der Waals surface area (Å²) in [5, 5.41) is 19.5. The Bertz CT molecular complexity index is 412. The SMILES string of the molecule is CC(C)(C#N)C(O)c1ccc(Cl)cc1Br. The predicted octanol–water partition coefficient (Wildman–Crippen LogP) is 3.69. The first-order valence-electron chi connectivity index (χ1n) is 4.43. The van der Waals surface area contributed by atoms with E-state index in [2.05, 4.69) is 22.0 Å². The molecule has 80 valence electrons. The summed E-state index contributed by atoms with van der Waals surface area (Å²) in [6, 6.07) is 7.19. The molecule has 1 aromatic carbocycles. The fraction of sp³-hybridized carbons (Fsp3) is 0.364. The van der Waals surface area contributed by atoms with Crippen molar-refractivity contribution >= 4 is 27.5 Å². The summed E-state index contributed by atoms with van der Waals surface area (Å²) >= 11 is 9.11. The Kier molecular flexibility index (Phi) is 3.77. The van der Waals surface area contributed by atoms with Gasteiger partial charge in [-0.2, -0.15) is 5.26 Å². The molecule has 1 N–H and O–H groups in total. The molecule has 2 nitrogen and oxygen atoms in total. The molecule has 4 heteroatoms. The van der Waals surface area contributed by atoms with Gasteiger partial charge in [-0.1, -0.05) is 33.6 Å². The zero-order valence-electron chi connectivity index (χ0n) is 8.46. The van der Waals surface area contributed by atoms with Crippen molar-refractivity contribution in [2.75, 3.05) is 0 Å². The Morgan fingerprint density at radius 1 is 1.53 bits per heavy atom. The third kappa shape index (κ3) is 2.72. The van der Waals surface area contributed by atoms with Gasteiger partial charge in [0.05, 0.1) is 17.6 Å². The number of nitrogens with zero attached hydrogens (tertiary/aromatic N) is 1. The van der Waals surface area contributed by atoms with Crippen molar-refractivity contribution in [1.82, 2.24) is 0 Å². The minimum absolute atomic E-state index is 0.590. The van der Waals surface area contributed by atoms with Crippen LogP contribution < -0.4 is 0 Å². The Morgan fingerprint density at radius 3 is 2.60 bits per heavy atom. The van der Waals surface area contributed by atoms with Crippen LogP contribution in [0.4, 0.5) is 0 Å². The quantitative estimate of drug-likeness (QED) is 0.902. The molecule has 0 aromatic heterocycles. The highest BCUT2D eigenvalue weighted by Crippen LogP contribution is 2.37. The Labute approximate surface area is 103 Å². The maximum Gasteiger partial charge on any atom is 0.0981 e. The van der Waals surface area contributed by atoms with Crippen LogP contribution in [-0.4, -0.2) is 5.11 Å². The van der Waals surface area contributed by atoms with Gasteiger partial charge in [0.15, 0.2) is 0 Å². The molecule has 0 amide bonds. The largest absolute Gasteiger partial charge is 0.387 e. The van der Waals surface area contributed by atoms with Gasteiger partial charge >= 0.3 is 0 Å². The zero-order chi connectivity index (χ0) is 11.6. The third-order valence-corrected chi connectivity index (χ3v) is 3.15. The highest BCUT2D eigenvalue weighted by molar-refractivity contribution is 9.10. The molecule has 0 aliphatic carbocycles. The minimum Gasteiger partial charge on any atom is -0.387 e. The lowest BCUT2D eigenvalue weighted by Gasteiger charge is -2.24. The second-order valence-electron chi connectivity index (χ2n) is 3.90. The number of aliphatic hydroxyl groups is 1. The molecule has 0 bridgehead atoms. The summed E-state index contributed by atoms with van der Waals surface area (Å²) in [5.41, 5.74) is -0.151. The molecular weight excluding hydrogens is 277 g/mol. The van der Waals surface area contributed by atoms with Crippen molar-refractivity contribution in [2.45, 2.75) is 20.0 Å². The first-order valence-corrected chi connectivity index (χ1v) is 5.60. The molecule has 0 aliphatic rings. The Hall–Kier alpha value is -0.560. The third-order valence-electron chi connectivity index (χ3n) is 2.23. The number of rotatable bonds is 2. The molecular formula is C11H11BrClNO. The zero-order valence-corrected chi connectivity index (χ0v) is 10.8. The summed E-state index contributed by atoms with van der Waals surface area (Å²) in [7, 11) is 0. The lowest BCUT2D eigenvalue weighted by atomic mass is 9.84. The second kappa shape index (κ2) is 4.52. The van der Waals surface area contributed by atoms with Crippen LogP contribution in [0.5, 0.6) is 0 Å². The lowest BCUT2D eigenvalue weighted by Crippen LogP contribution is -2.20. The van der Waals surface area contributed by atoms with Gasteiger partial charge in [-0.15, -0.1) is 0 Å². The van der Waals surface area contributed by atoms with Gasteiger partial charge < -0.3 is 5.11 Å². The highest BCUT2D eigenvalue weighted by Gasteiger charge is 2.30. The van der Waals surface area contributed by atoms with Crippen molar-refractivity contribution in [3.63, 3.8) is 0 Å². The van der Waals surface area contributed by atoms with Crippen molar-refractivity contribution in [1.29, 1.82) is 5.26 Å². The number of nitriles is 1. The maximum absolute atomic E-state index is 10.0. The summed E-state index contributed by atoms with van der Waals surface area (Å²) in [6.45, 7) is 3.39. The van der Waals surface area contributed by atoms with E-state index in [4.69, 9.17) is 16.9 Å². The van der Waals surface area contributed by atoms with E-state index in [9.17, 15) is 5.11 Å². The van der Waals surface area contributed by atoms with Gasteiger partial charge in [-0.05, 0) is 31.5 Å². The summed E-state index contributed by atoms with van der Waals surface area (Å²) < 4.78 is 0.714. The van der Waals surface area contributed by atoms with Gasteiger partial charge in [0, 0.05) is 9.50 Å². The minimum atomic E-state index is -0.839. The lowest BCUT2D eigenvalue weighted by molar-refractivity contribution is 0.0861. The molecule has 15 heavy (non-hydrogen) atoms. The molecule has 0 aliphatic heterocycles. The molecule has 0 spiro atoms. The van der Waals surface area contributed by atoms with Crippen LogP contribution in [0.3, 0.4) is 0 Å². The van der Waals surface area contributed by atoms with Crippen molar-refractivity contribution < 1.29 is 5.11 Å². The van der Waals surface area contributed by atoms with Crippen LogP contribution in [0.2, 0.25) is 5.02 Å². The smallest absolute Gasteiger partial charge is 0.0981 e. The van der Waals surface area contributed by atoms with Crippen LogP contribution in [0.1, 0.15) is 25.5 Å². The fourth-order valence-corrected chi connectivity index (χ4v) is 2.07. The summed E-state index contributed by atoms with van der Waals surface area (Å²) in [5.74, 6) is 0. The monoisotopic (exact) mass is 287 g/mol. The van der Waals surface area contributed by atoms with Gasteiger partial charge in [-0.3, -0.25) is 0 Å². The van der Waals surface area contributed by atoms with E-state index in [-0.39, 0.29) is 0 Å². The number of halogens is 2. The molecule has 0 saturated heterocycles. The highest BCUT2D eigenvalue weighted by atomic mass is 79.9. The van der Waals surface area contributed by atoms with Crippen molar-refractivity contribution in [3.05, 3.63) is 33.3 Å². The number of hydrogen-bond acceptors (Lipinski definition) is 2. The first-order chi connectivity index (χ1) is 6.88. The number of benzene rings is 1. The van der Waals surface area contributed by atoms with Gasteiger partial charge in [-0.25, -0.2) is 0 Å². The van der Waals surface area contributed by atoms with Gasteiger partial charge in [0.2, 0.25) is 0 Å². The second-order valence-corrected chi connectivity index (χ2v) is 5.19. The van der Waals surface area contributed by atoms with Crippen LogP contribution in [0.25, 0.3) is 0 Å². The first kappa shape index (κ1) is 12.5. The molecule has 0 fully saturated rings. The van der Waals surface area contributed by atoms with E-state index in [1.165, 1.54) is 0 Å². The molecule has 1 unspecified atom stereocenters. The Balaban J connectivity index is 3.13. The van der Waals surface area contributed by atoms with E-state index in [1.807, 2.05) is 0 Å². The molecule has 1 atom stereocenters. The van der Waals surface area contributed by atoms with Gasteiger partial charge in [0.25, 0.3) is 0 Å². The van der Waals surface area contributed by atoms with Crippen LogP contribution in [0, 0.1) is 16.7 Å². The van der Waals surface area contributed by atoms with Crippen LogP contribution >= 0.6 is 27.5 Å². The Morgan fingerprint density at radius 2 is 2.13 bits per heavy atom. The molecule has 0 heterocycles. The predicted molar refractivity (Wildman–Crippen MR) is 63.5 cm³/mol. The van der Waals surface area contributed by atoms with E-state index >= 15 is 0 Å². The number of aliphatic hydroxyl groups excluding tert-OH is 1. The average Bonchev–Trinajstić information content (AvgIpc) is 2.17. The van der Waals surface area contributed by atoms with Crippen molar-refractivity contribution in [2.24, 2.45) is 5.41 Å². The molecule has 0 radical (unpaired) electrons. The van der Waals surface area contributed by atoms with E-state index < -0.39 is 11.5 Å². The number of hydrogen-bond donors (Lipinski definition) is 1. The van der Waals surface area contributed by atoms with Crippen LogP contribution in [0.15, 0.2) is 22.7 Å². The van der Waals surface area contributed by atoms with Crippen LogP contribution in [-0.2, 0) is 0 Å². The van der Waals surface area contributed by atoms with E-state index in [0.29, 0.717) is 15.1 Å². The van der Waals surface area contributed by atoms with Gasteiger partial charge in [0.1, 0.15) is 0 Å². The topological polar surface area (TPSA) is 44.0 Å². The summed E-state index contributed by atoms with van der Waals surface area (Å²) in [4.78, 5) is 0. The molecule has 0 saturated carbocycles.